The van der Waals surface area contributed by atoms with Gasteiger partial charge in [0, 0.05) is 11.8 Å². The molecule has 0 bridgehead atoms. The van der Waals surface area contributed by atoms with Crippen LogP contribution in [-0.2, 0) is 5.41 Å². The highest BCUT2D eigenvalue weighted by molar-refractivity contribution is 5.98. The second-order valence-electron chi connectivity index (χ2n) is 14.3. The number of nitriles is 2. The molecule has 6 aromatic rings. The summed E-state index contributed by atoms with van der Waals surface area (Å²) in [5.41, 5.74) is 23.2. The minimum absolute atomic E-state index is 0.418. The summed E-state index contributed by atoms with van der Waals surface area (Å²) in [5, 5.41) is 19.0. The number of rotatable bonds is 10. The molecule has 3 nitrogen and oxygen atoms in total. The minimum atomic E-state index is -0.681. The molecule has 1 aliphatic carbocycles. The predicted octanol–water partition coefficient (Wildman–Crippen LogP) is 15.4. The molecule has 0 saturated heterocycles. The molecule has 6 aromatic carbocycles. The number of benzene rings is 6. The van der Waals surface area contributed by atoms with Gasteiger partial charge in [0.25, 0.3) is 0 Å². The third-order valence-corrected chi connectivity index (χ3v) is 10.9. The van der Waals surface area contributed by atoms with Crippen LogP contribution in [0.5, 0.6) is 0 Å². The Morgan fingerprint density at radius 3 is 1.79 bits per heavy atom. The van der Waals surface area contributed by atoms with Gasteiger partial charge in [0.05, 0.1) is 17.1 Å². The van der Waals surface area contributed by atoms with Crippen LogP contribution in [0.25, 0.3) is 56.7 Å². The molecule has 2 N–H and O–H groups in total. The molecule has 0 heterocycles. The molecule has 7 rings (SSSR count). The molecule has 3 heteroatoms. The summed E-state index contributed by atoms with van der Waals surface area (Å²) >= 11 is 0. The number of hydrogen-bond acceptors (Lipinski definition) is 3. The lowest BCUT2D eigenvalue weighted by Crippen LogP contribution is -2.28. The Labute approximate surface area is 364 Å². The van der Waals surface area contributed by atoms with Crippen molar-refractivity contribution >= 4 is 23.3 Å². The summed E-state index contributed by atoms with van der Waals surface area (Å²) in [6.07, 6.45) is 11.3. The number of hydrogen-bond donors (Lipinski definition) is 1. The molecule has 1 aliphatic rings. The Hall–Kier alpha value is -7.46. The Morgan fingerprint density at radius 2 is 1.21 bits per heavy atom. The first-order chi connectivity index (χ1) is 29.8. The maximum Gasteiger partial charge on any atom is 0.101 e. The highest BCUT2D eigenvalue weighted by atomic mass is 14.5. The molecule has 0 fully saturated rings. The van der Waals surface area contributed by atoms with E-state index in [-0.39, 0.29) is 0 Å². The first kappa shape index (κ1) is 44.6. The van der Waals surface area contributed by atoms with Gasteiger partial charge in [-0.15, -0.1) is 0 Å². The number of allylic oxidation sites excluding steroid dienone is 7. The third kappa shape index (κ3) is 8.65. The van der Waals surface area contributed by atoms with Crippen molar-refractivity contribution in [3.63, 3.8) is 0 Å². The van der Waals surface area contributed by atoms with Crippen LogP contribution < -0.4 is 5.73 Å². The van der Waals surface area contributed by atoms with Gasteiger partial charge in [0.2, 0.25) is 0 Å². The van der Waals surface area contributed by atoms with Gasteiger partial charge in [-0.2, -0.15) is 10.5 Å². The summed E-state index contributed by atoms with van der Waals surface area (Å²) in [6.45, 7) is 22.6. The van der Waals surface area contributed by atoms with Crippen molar-refractivity contribution in [1.82, 2.24) is 0 Å². The van der Waals surface area contributed by atoms with E-state index in [1.165, 1.54) is 17.3 Å². The average molecular weight is 794 g/mol. The highest BCUT2D eigenvalue weighted by Crippen LogP contribution is 2.59. The van der Waals surface area contributed by atoms with Gasteiger partial charge in [-0.25, -0.2) is 0 Å². The van der Waals surface area contributed by atoms with Gasteiger partial charge in [0.15, 0.2) is 0 Å². The maximum atomic E-state index is 9.52. The SMILES string of the molecule is C=Cc1c(/C=C\C)c(-c2cccc(C(=C)/C=C(\C)C#N)c2)cc2c1-c1ccc(-c3cccc(/C(C)=C/C(C#N)=C\N)c3)cc1C2(c1ccccc1)c1ccccc1.CC.CC. The van der Waals surface area contributed by atoms with Crippen molar-refractivity contribution in [1.29, 1.82) is 10.5 Å². The molecule has 302 valence electrons. The van der Waals surface area contributed by atoms with E-state index in [2.05, 4.69) is 172 Å². The molecule has 0 radical (unpaired) electrons. The van der Waals surface area contributed by atoms with Crippen molar-refractivity contribution in [3.8, 4) is 45.5 Å². The molecule has 0 unspecified atom stereocenters. The molecule has 0 amide bonds. The van der Waals surface area contributed by atoms with Crippen LogP contribution >= 0.6 is 0 Å². The summed E-state index contributed by atoms with van der Waals surface area (Å²) in [7, 11) is 0. The summed E-state index contributed by atoms with van der Waals surface area (Å²) in [6, 6.07) is 52.1. The lowest BCUT2D eigenvalue weighted by molar-refractivity contribution is 0.769. The van der Waals surface area contributed by atoms with Crippen LogP contribution in [0.2, 0.25) is 0 Å². The van der Waals surface area contributed by atoms with Crippen molar-refractivity contribution in [2.75, 3.05) is 0 Å². The van der Waals surface area contributed by atoms with E-state index in [0.29, 0.717) is 11.1 Å². The van der Waals surface area contributed by atoms with Crippen LogP contribution in [0.4, 0.5) is 0 Å². The molecule has 0 aliphatic heterocycles. The van der Waals surface area contributed by atoms with Crippen molar-refractivity contribution in [3.05, 3.63) is 227 Å². The lowest BCUT2D eigenvalue weighted by Gasteiger charge is -2.34. The fourth-order valence-electron chi connectivity index (χ4n) is 8.31. The number of nitrogens with two attached hydrogens (primary N) is 1. The smallest absolute Gasteiger partial charge is 0.101 e. The zero-order chi connectivity index (χ0) is 44.1. The Balaban J connectivity index is 0.00000171. The first-order valence-corrected chi connectivity index (χ1v) is 21.0. The molecular formula is C58H55N3. The molecule has 61 heavy (non-hydrogen) atoms. The van der Waals surface area contributed by atoms with Gasteiger partial charge in [-0.05, 0) is 146 Å². The molecule has 0 saturated carbocycles. The Bertz CT molecular complexity index is 2720. The number of fused-ring (bicyclic) bond motifs is 3. The minimum Gasteiger partial charge on any atom is -0.404 e. The zero-order valence-electron chi connectivity index (χ0n) is 36.6. The van der Waals surface area contributed by atoms with E-state index in [1.54, 1.807) is 6.92 Å². The van der Waals surface area contributed by atoms with Crippen LogP contribution in [0.3, 0.4) is 0 Å². The Kier molecular flexibility index (Phi) is 15.0. The van der Waals surface area contributed by atoms with Crippen LogP contribution in [-0.4, -0.2) is 0 Å². The van der Waals surface area contributed by atoms with E-state index in [9.17, 15) is 10.5 Å². The molecule has 0 spiro atoms. The van der Waals surface area contributed by atoms with Crippen LogP contribution in [0.1, 0.15) is 93.0 Å². The van der Waals surface area contributed by atoms with E-state index < -0.39 is 5.41 Å². The standard InChI is InChI=1S/C54H43N3.2C2H6/c1-6-16-48-47(7-2)53-49-26-25-43(42-19-14-17-40(29-42)38(5)28-39(34-56)35-57)31-51(49)54(45-21-10-8-11-22-45,46-23-12-9-13-24-46)52(53)32-50(48)44-20-15-18-41(30-44)37(4)27-36(3)33-55;2*1-2/h6-32,34H,2,4,56H2,1,3,5H3;2*1-2H3/b16-6-,36-27+,38-28+,39-34+;;. The second kappa shape index (κ2) is 20.5. The van der Waals surface area contributed by atoms with Gasteiger partial charge in [-0.1, -0.05) is 168 Å². The van der Waals surface area contributed by atoms with Crippen LogP contribution in [0, 0.1) is 22.7 Å². The largest absolute Gasteiger partial charge is 0.404 e. The van der Waals surface area contributed by atoms with Crippen molar-refractivity contribution in [2.24, 2.45) is 5.73 Å². The molecule has 0 aromatic heterocycles. The van der Waals surface area contributed by atoms with Gasteiger partial charge in [0.1, 0.15) is 6.07 Å². The van der Waals surface area contributed by atoms with Gasteiger partial charge in [-0.3, -0.25) is 0 Å². The fraction of sp³-hybridized carbons (Fsp3) is 0.138. The fourth-order valence-corrected chi connectivity index (χ4v) is 8.31. The van der Waals surface area contributed by atoms with E-state index in [1.807, 2.05) is 58.9 Å². The normalized spacial score (nSPS) is 12.7. The quantitative estimate of drug-likeness (QED) is 0.111. The highest BCUT2D eigenvalue weighted by Gasteiger charge is 2.47. The third-order valence-electron chi connectivity index (χ3n) is 10.9. The maximum absolute atomic E-state index is 9.52. The average Bonchev–Trinajstić information content (AvgIpc) is 3.62. The van der Waals surface area contributed by atoms with Gasteiger partial charge < -0.3 is 5.73 Å². The zero-order valence-corrected chi connectivity index (χ0v) is 36.6. The number of nitrogens with zero attached hydrogens (tertiary/aromatic N) is 2. The summed E-state index contributed by atoms with van der Waals surface area (Å²) in [5.74, 6) is 0. The van der Waals surface area contributed by atoms with Crippen LogP contribution in [0.15, 0.2) is 182 Å². The molecule has 0 atom stereocenters. The summed E-state index contributed by atoms with van der Waals surface area (Å²) < 4.78 is 0. The lowest BCUT2D eigenvalue weighted by atomic mass is 9.66. The first-order valence-electron chi connectivity index (χ1n) is 21.0. The molecular weight excluding hydrogens is 739 g/mol. The van der Waals surface area contributed by atoms with E-state index in [0.717, 1.165) is 77.9 Å². The second-order valence-corrected chi connectivity index (χ2v) is 14.3. The van der Waals surface area contributed by atoms with Crippen molar-refractivity contribution in [2.45, 2.75) is 53.9 Å². The van der Waals surface area contributed by atoms with E-state index >= 15 is 0 Å². The van der Waals surface area contributed by atoms with Crippen molar-refractivity contribution < 1.29 is 0 Å². The topological polar surface area (TPSA) is 73.6 Å². The monoisotopic (exact) mass is 793 g/mol. The predicted molar refractivity (Wildman–Crippen MR) is 262 cm³/mol. The summed E-state index contributed by atoms with van der Waals surface area (Å²) in [4.78, 5) is 0. The Morgan fingerprint density at radius 1 is 0.623 bits per heavy atom. The van der Waals surface area contributed by atoms with E-state index in [4.69, 9.17) is 5.73 Å². The van der Waals surface area contributed by atoms with Gasteiger partial charge >= 0.3 is 0 Å².